The van der Waals surface area contributed by atoms with Gasteiger partial charge in [-0.25, -0.2) is 8.42 Å². The Labute approximate surface area is 155 Å². The second kappa shape index (κ2) is 7.60. The third-order valence-corrected chi connectivity index (χ3v) is 6.63. The Kier molecular flexibility index (Phi) is 5.44. The summed E-state index contributed by atoms with van der Waals surface area (Å²) in [4.78, 5) is 12.7. The second-order valence-electron chi connectivity index (χ2n) is 6.75. The van der Waals surface area contributed by atoms with Gasteiger partial charge < -0.3 is 5.32 Å². The molecule has 1 saturated heterocycles. The van der Waals surface area contributed by atoms with Gasteiger partial charge in [0, 0.05) is 25.2 Å². The summed E-state index contributed by atoms with van der Waals surface area (Å²) in [7, 11) is -3.52. The van der Waals surface area contributed by atoms with Crippen LogP contribution in [-0.4, -0.2) is 31.7 Å². The number of rotatable bonds is 5. The van der Waals surface area contributed by atoms with Crippen LogP contribution in [0.25, 0.3) is 0 Å². The van der Waals surface area contributed by atoms with Gasteiger partial charge >= 0.3 is 0 Å². The molecule has 0 atom stereocenters. The van der Waals surface area contributed by atoms with Crippen LogP contribution in [0.1, 0.15) is 39.9 Å². The van der Waals surface area contributed by atoms with E-state index in [2.05, 4.69) is 11.4 Å². The summed E-state index contributed by atoms with van der Waals surface area (Å²) in [5.74, 6) is -0.275. The molecule has 0 aromatic heterocycles. The molecule has 1 N–H and O–H groups in total. The number of aryl methyl sites for hydroxylation is 2. The van der Waals surface area contributed by atoms with Gasteiger partial charge in [-0.15, -0.1) is 0 Å². The first-order valence-corrected chi connectivity index (χ1v) is 10.3. The van der Waals surface area contributed by atoms with Crippen molar-refractivity contribution in [3.63, 3.8) is 0 Å². The van der Waals surface area contributed by atoms with Gasteiger partial charge in [-0.2, -0.15) is 4.31 Å². The highest BCUT2D eigenvalue weighted by Crippen LogP contribution is 2.21. The SMILES string of the molecule is Cc1ccc(CNC(=O)c2cccc(S(=O)(=O)N3CCCC3)c2)c(C)c1. The summed E-state index contributed by atoms with van der Waals surface area (Å²) in [6, 6.07) is 12.4. The molecular formula is C20H24N2O3S. The van der Waals surface area contributed by atoms with Gasteiger partial charge in [-0.3, -0.25) is 4.79 Å². The highest BCUT2D eigenvalue weighted by atomic mass is 32.2. The Bertz CT molecular complexity index is 916. The van der Waals surface area contributed by atoms with Crippen molar-refractivity contribution in [2.24, 2.45) is 0 Å². The first-order valence-electron chi connectivity index (χ1n) is 8.82. The summed E-state index contributed by atoms with van der Waals surface area (Å²) in [5, 5.41) is 2.88. The van der Waals surface area contributed by atoms with Gasteiger partial charge in [0.15, 0.2) is 0 Å². The van der Waals surface area contributed by atoms with Gasteiger partial charge in [0.1, 0.15) is 0 Å². The van der Waals surface area contributed by atoms with Crippen molar-refractivity contribution in [3.05, 3.63) is 64.7 Å². The molecule has 0 saturated carbocycles. The number of amides is 1. The minimum atomic E-state index is -3.52. The minimum absolute atomic E-state index is 0.179. The highest BCUT2D eigenvalue weighted by molar-refractivity contribution is 7.89. The number of carbonyl (C=O) groups excluding carboxylic acids is 1. The smallest absolute Gasteiger partial charge is 0.251 e. The van der Waals surface area contributed by atoms with E-state index in [1.807, 2.05) is 26.0 Å². The first-order chi connectivity index (χ1) is 12.4. The standard InChI is InChI=1S/C20H24N2O3S/c1-15-8-9-18(16(2)12-15)14-21-20(23)17-6-5-7-19(13-17)26(24,25)22-10-3-4-11-22/h5-9,12-13H,3-4,10-11,14H2,1-2H3,(H,21,23). The summed E-state index contributed by atoms with van der Waals surface area (Å²) in [6.45, 7) is 5.55. The normalized spacial score (nSPS) is 15.2. The zero-order chi connectivity index (χ0) is 18.7. The molecule has 0 unspecified atom stereocenters. The molecule has 5 nitrogen and oxygen atoms in total. The third kappa shape index (κ3) is 3.97. The molecule has 1 heterocycles. The minimum Gasteiger partial charge on any atom is -0.348 e. The topological polar surface area (TPSA) is 66.5 Å². The maximum absolute atomic E-state index is 12.7. The average Bonchev–Trinajstić information content (AvgIpc) is 3.16. The fraction of sp³-hybridized carbons (Fsp3) is 0.350. The highest BCUT2D eigenvalue weighted by Gasteiger charge is 2.27. The molecule has 1 fully saturated rings. The van der Waals surface area contributed by atoms with E-state index in [4.69, 9.17) is 0 Å². The molecule has 0 spiro atoms. The summed E-state index contributed by atoms with van der Waals surface area (Å²) in [5.41, 5.74) is 3.70. The summed E-state index contributed by atoms with van der Waals surface area (Å²) < 4.78 is 26.8. The van der Waals surface area contributed by atoms with E-state index < -0.39 is 10.0 Å². The molecule has 1 aliphatic heterocycles. The summed E-state index contributed by atoms with van der Waals surface area (Å²) in [6.07, 6.45) is 1.77. The van der Waals surface area contributed by atoms with Gasteiger partial charge in [0.2, 0.25) is 10.0 Å². The number of hydrogen-bond acceptors (Lipinski definition) is 3. The van der Waals surface area contributed by atoms with E-state index in [0.29, 0.717) is 25.2 Å². The van der Waals surface area contributed by atoms with Crippen LogP contribution in [0.3, 0.4) is 0 Å². The maximum Gasteiger partial charge on any atom is 0.251 e. The zero-order valence-electron chi connectivity index (χ0n) is 15.2. The van der Waals surface area contributed by atoms with E-state index in [-0.39, 0.29) is 10.8 Å². The number of carbonyl (C=O) groups is 1. The molecule has 138 valence electrons. The fourth-order valence-electron chi connectivity index (χ4n) is 3.20. The van der Waals surface area contributed by atoms with Crippen LogP contribution < -0.4 is 5.32 Å². The summed E-state index contributed by atoms with van der Waals surface area (Å²) >= 11 is 0. The van der Waals surface area contributed by atoms with Crippen molar-refractivity contribution in [3.8, 4) is 0 Å². The molecule has 2 aromatic rings. The number of nitrogens with zero attached hydrogens (tertiary/aromatic N) is 1. The first kappa shape index (κ1) is 18.6. The van der Waals surface area contributed by atoms with Gasteiger partial charge in [0.05, 0.1) is 4.90 Å². The van der Waals surface area contributed by atoms with Crippen molar-refractivity contribution in [1.82, 2.24) is 9.62 Å². The van der Waals surface area contributed by atoms with Crippen LogP contribution in [0.15, 0.2) is 47.4 Å². The van der Waals surface area contributed by atoms with Crippen LogP contribution in [-0.2, 0) is 16.6 Å². The van der Waals surface area contributed by atoms with Crippen LogP contribution >= 0.6 is 0 Å². The lowest BCUT2D eigenvalue weighted by Crippen LogP contribution is -2.28. The Morgan fingerprint density at radius 3 is 2.50 bits per heavy atom. The molecular weight excluding hydrogens is 348 g/mol. The van der Waals surface area contributed by atoms with Crippen molar-refractivity contribution in [2.45, 2.75) is 38.1 Å². The van der Waals surface area contributed by atoms with Crippen LogP contribution in [0, 0.1) is 13.8 Å². The Balaban J connectivity index is 1.74. The van der Waals surface area contributed by atoms with E-state index >= 15 is 0 Å². The molecule has 0 bridgehead atoms. The largest absolute Gasteiger partial charge is 0.348 e. The van der Waals surface area contributed by atoms with Crippen molar-refractivity contribution in [1.29, 1.82) is 0 Å². The van der Waals surface area contributed by atoms with Crippen LogP contribution in [0.4, 0.5) is 0 Å². The van der Waals surface area contributed by atoms with Gasteiger partial charge in [-0.1, -0.05) is 29.8 Å². The number of nitrogens with one attached hydrogen (secondary N) is 1. The third-order valence-electron chi connectivity index (χ3n) is 4.74. The average molecular weight is 372 g/mol. The second-order valence-corrected chi connectivity index (χ2v) is 8.69. The van der Waals surface area contributed by atoms with Crippen molar-refractivity contribution >= 4 is 15.9 Å². The molecule has 1 amide bonds. The van der Waals surface area contributed by atoms with Crippen LogP contribution in [0.2, 0.25) is 0 Å². The lowest BCUT2D eigenvalue weighted by Gasteiger charge is -2.16. The quantitative estimate of drug-likeness (QED) is 0.877. The molecule has 2 aromatic carbocycles. The number of hydrogen-bond donors (Lipinski definition) is 1. The zero-order valence-corrected chi connectivity index (χ0v) is 16.0. The van der Waals surface area contributed by atoms with Crippen molar-refractivity contribution in [2.75, 3.05) is 13.1 Å². The van der Waals surface area contributed by atoms with Crippen molar-refractivity contribution < 1.29 is 13.2 Å². The predicted molar refractivity (Wildman–Crippen MR) is 102 cm³/mol. The van der Waals surface area contributed by atoms with Gasteiger partial charge in [-0.05, 0) is 56.0 Å². The molecule has 6 heteroatoms. The molecule has 0 radical (unpaired) electrons. The number of benzene rings is 2. The lowest BCUT2D eigenvalue weighted by atomic mass is 10.1. The van der Waals surface area contributed by atoms with Crippen LogP contribution in [0.5, 0.6) is 0 Å². The number of sulfonamides is 1. The van der Waals surface area contributed by atoms with E-state index in [0.717, 1.165) is 24.0 Å². The van der Waals surface area contributed by atoms with E-state index in [9.17, 15) is 13.2 Å². The fourth-order valence-corrected chi connectivity index (χ4v) is 4.76. The molecule has 1 aliphatic rings. The Hall–Kier alpha value is -2.18. The Morgan fingerprint density at radius 2 is 1.81 bits per heavy atom. The van der Waals surface area contributed by atoms with E-state index in [1.54, 1.807) is 18.2 Å². The van der Waals surface area contributed by atoms with E-state index in [1.165, 1.54) is 15.9 Å². The molecule has 3 rings (SSSR count). The molecule has 26 heavy (non-hydrogen) atoms. The maximum atomic E-state index is 12.7. The monoisotopic (exact) mass is 372 g/mol. The predicted octanol–water partition coefficient (Wildman–Crippen LogP) is 3.02. The molecule has 0 aliphatic carbocycles. The van der Waals surface area contributed by atoms with Gasteiger partial charge in [0.25, 0.3) is 5.91 Å². The Morgan fingerprint density at radius 1 is 1.08 bits per heavy atom. The lowest BCUT2D eigenvalue weighted by molar-refractivity contribution is 0.0950.